The highest BCUT2D eigenvalue weighted by molar-refractivity contribution is 5.95. The zero-order valence-corrected chi connectivity index (χ0v) is 14.8. The number of rotatable bonds is 8. The topological polar surface area (TPSA) is 84.9 Å². The highest BCUT2D eigenvalue weighted by Crippen LogP contribution is 2.29. The van der Waals surface area contributed by atoms with Gasteiger partial charge in [-0.05, 0) is 44.2 Å². The number of nitrogens with one attached hydrogen (secondary N) is 1. The van der Waals surface area contributed by atoms with Crippen molar-refractivity contribution in [1.29, 1.82) is 0 Å². The molecule has 0 heterocycles. The Bertz CT molecular complexity index is 821. The zero-order valence-electron chi connectivity index (χ0n) is 14.8. The van der Waals surface area contributed by atoms with E-state index in [1.54, 1.807) is 6.92 Å². The molecule has 0 aliphatic rings. The highest BCUT2D eigenvalue weighted by Gasteiger charge is 2.19. The molecule has 6 nitrogen and oxygen atoms in total. The van der Waals surface area contributed by atoms with Gasteiger partial charge in [0.05, 0.1) is 12.6 Å². The van der Waals surface area contributed by atoms with E-state index in [9.17, 15) is 18.4 Å². The van der Waals surface area contributed by atoms with Crippen molar-refractivity contribution < 1.29 is 33.0 Å². The van der Waals surface area contributed by atoms with E-state index in [1.807, 2.05) is 0 Å². The van der Waals surface area contributed by atoms with Crippen LogP contribution in [0.3, 0.4) is 0 Å². The first kappa shape index (κ1) is 20.2. The first-order chi connectivity index (χ1) is 12.8. The van der Waals surface area contributed by atoms with Crippen molar-refractivity contribution in [2.75, 3.05) is 13.2 Å². The lowest BCUT2D eigenvalue weighted by molar-refractivity contribution is -0.139. The predicted octanol–water partition coefficient (Wildman–Crippen LogP) is 3.32. The van der Waals surface area contributed by atoms with Crippen LogP contribution in [0, 0.1) is 11.6 Å². The van der Waals surface area contributed by atoms with E-state index in [0.29, 0.717) is 0 Å². The van der Waals surface area contributed by atoms with Crippen molar-refractivity contribution in [3.05, 3.63) is 59.2 Å². The summed E-state index contributed by atoms with van der Waals surface area (Å²) in [7, 11) is 0. The Kier molecular flexibility index (Phi) is 6.70. The third kappa shape index (κ3) is 5.16. The summed E-state index contributed by atoms with van der Waals surface area (Å²) in [6.45, 7) is 2.89. The van der Waals surface area contributed by atoms with Gasteiger partial charge in [0.2, 0.25) is 0 Å². The van der Waals surface area contributed by atoms with Crippen molar-refractivity contribution in [2.24, 2.45) is 0 Å². The van der Waals surface area contributed by atoms with Crippen LogP contribution in [-0.2, 0) is 4.79 Å². The van der Waals surface area contributed by atoms with E-state index in [-0.39, 0.29) is 29.2 Å². The smallest absolute Gasteiger partial charge is 0.341 e. The van der Waals surface area contributed by atoms with E-state index < -0.39 is 36.2 Å². The van der Waals surface area contributed by atoms with Gasteiger partial charge in [0.15, 0.2) is 18.1 Å². The fraction of sp³-hybridized carbons (Fsp3) is 0.263. The quantitative estimate of drug-likeness (QED) is 0.735. The maximum absolute atomic E-state index is 13.8. The fourth-order valence-electron chi connectivity index (χ4n) is 2.45. The number of amides is 1. The molecule has 2 rings (SSSR count). The molecule has 8 heteroatoms. The van der Waals surface area contributed by atoms with Crippen molar-refractivity contribution in [3.8, 4) is 11.5 Å². The van der Waals surface area contributed by atoms with Gasteiger partial charge in [-0.25, -0.2) is 13.6 Å². The molecule has 2 aromatic carbocycles. The Balaban J connectivity index is 2.20. The second-order valence-electron chi connectivity index (χ2n) is 5.61. The molecule has 0 aliphatic carbocycles. The van der Waals surface area contributed by atoms with Gasteiger partial charge < -0.3 is 19.9 Å². The summed E-state index contributed by atoms with van der Waals surface area (Å²) in [5.41, 5.74) is -0.0676. The number of hydrogen-bond acceptors (Lipinski definition) is 4. The molecule has 0 fully saturated rings. The van der Waals surface area contributed by atoms with Crippen LogP contribution in [0.5, 0.6) is 11.5 Å². The molecule has 27 heavy (non-hydrogen) atoms. The summed E-state index contributed by atoms with van der Waals surface area (Å²) in [6.07, 6.45) is 0. The van der Waals surface area contributed by atoms with Crippen molar-refractivity contribution in [1.82, 2.24) is 5.32 Å². The predicted molar refractivity (Wildman–Crippen MR) is 93.0 cm³/mol. The van der Waals surface area contributed by atoms with Crippen molar-refractivity contribution in [2.45, 2.75) is 19.9 Å². The standard InChI is InChI=1S/C19H19F2NO5/c1-3-26-16-9-12(7-8-15(16)27-10-17(23)24)19(25)22-11(2)18-13(20)5-4-6-14(18)21/h4-9,11H,3,10H2,1-2H3,(H,22,25)(H,23,24). The van der Waals surface area contributed by atoms with Crippen LogP contribution in [0.25, 0.3) is 0 Å². The van der Waals surface area contributed by atoms with Gasteiger partial charge >= 0.3 is 5.97 Å². The second kappa shape index (κ2) is 8.98. The molecular formula is C19H19F2NO5. The van der Waals surface area contributed by atoms with Gasteiger partial charge in [-0.2, -0.15) is 0 Å². The van der Waals surface area contributed by atoms with Crippen LogP contribution >= 0.6 is 0 Å². The second-order valence-corrected chi connectivity index (χ2v) is 5.61. The van der Waals surface area contributed by atoms with E-state index in [2.05, 4.69) is 5.32 Å². The van der Waals surface area contributed by atoms with Gasteiger partial charge in [-0.15, -0.1) is 0 Å². The Morgan fingerprint density at radius 1 is 1.11 bits per heavy atom. The van der Waals surface area contributed by atoms with E-state index in [1.165, 1.54) is 31.2 Å². The third-order valence-electron chi connectivity index (χ3n) is 3.64. The van der Waals surface area contributed by atoms with Crippen LogP contribution < -0.4 is 14.8 Å². The molecule has 0 bridgehead atoms. The maximum atomic E-state index is 13.8. The van der Waals surface area contributed by atoms with Gasteiger partial charge in [0, 0.05) is 11.1 Å². The third-order valence-corrected chi connectivity index (χ3v) is 3.64. The lowest BCUT2D eigenvalue weighted by Crippen LogP contribution is -2.28. The lowest BCUT2D eigenvalue weighted by Gasteiger charge is -2.17. The summed E-state index contributed by atoms with van der Waals surface area (Å²) < 4.78 is 38.2. The maximum Gasteiger partial charge on any atom is 0.341 e. The number of hydrogen-bond donors (Lipinski definition) is 2. The molecule has 1 amide bonds. The molecule has 2 aromatic rings. The Morgan fingerprint density at radius 2 is 1.78 bits per heavy atom. The Labute approximate surface area is 154 Å². The number of ether oxygens (including phenoxy) is 2. The molecule has 0 saturated carbocycles. The van der Waals surface area contributed by atoms with Crippen molar-refractivity contribution >= 4 is 11.9 Å². The van der Waals surface area contributed by atoms with E-state index >= 15 is 0 Å². The van der Waals surface area contributed by atoms with Crippen LogP contribution in [-0.4, -0.2) is 30.2 Å². The number of carboxylic acid groups (broad SMARTS) is 1. The normalized spacial score (nSPS) is 11.6. The average Bonchev–Trinajstić information content (AvgIpc) is 2.60. The molecule has 2 N–H and O–H groups in total. The summed E-state index contributed by atoms with van der Waals surface area (Å²) in [5.74, 6) is -2.87. The van der Waals surface area contributed by atoms with Crippen LogP contribution in [0.15, 0.2) is 36.4 Å². The first-order valence-electron chi connectivity index (χ1n) is 8.19. The van der Waals surface area contributed by atoms with Gasteiger partial charge in [-0.3, -0.25) is 4.79 Å². The SMILES string of the molecule is CCOc1cc(C(=O)NC(C)c2c(F)cccc2F)ccc1OCC(=O)O. The molecule has 0 aromatic heterocycles. The minimum atomic E-state index is -1.15. The average molecular weight is 379 g/mol. The van der Waals surface area contributed by atoms with Gasteiger partial charge in [0.25, 0.3) is 5.91 Å². The summed E-state index contributed by atoms with van der Waals surface area (Å²) >= 11 is 0. The Hall–Kier alpha value is -3.16. The molecule has 0 spiro atoms. The zero-order chi connectivity index (χ0) is 20.0. The number of carbonyl (C=O) groups excluding carboxylic acids is 1. The lowest BCUT2D eigenvalue weighted by atomic mass is 10.1. The van der Waals surface area contributed by atoms with Crippen LogP contribution in [0.2, 0.25) is 0 Å². The molecule has 144 valence electrons. The van der Waals surface area contributed by atoms with Crippen LogP contribution in [0.4, 0.5) is 8.78 Å². The number of carboxylic acids is 1. The molecule has 0 aliphatic heterocycles. The molecule has 1 atom stereocenters. The molecule has 1 unspecified atom stereocenters. The van der Waals surface area contributed by atoms with E-state index in [0.717, 1.165) is 12.1 Å². The molecular weight excluding hydrogens is 360 g/mol. The molecule has 0 saturated heterocycles. The molecule has 0 radical (unpaired) electrons. The summed E-state index contributed by atoms with van der Waals surface area (Å²) in [5, 5.41) is 11.2. The summed E-state index contributed by atoms with van der Waals surface area (Å²) in [4.78, 5) is 23.1. The minimum absolute atomic E-state index is 0.170. The highest BCUT2D eigenvalue weighted by atomic mass is 19.1. The number of benzene rings is 2. The minimum Gasteiger partial charge on any atom is -0.490 e. The number of carbonyl (C=O) groups is 2. The van der Waals surface area contributed by atoms with Crippen LogP contribution in [0.1, 0.15) is 35.8 Å². The largest absolute Gasteiger partial charge is 0.490 e. The number of aliphatic carboxylic acids is 1. The monoisotopic (exact) mass is 379 g/mol. The van der Waals surface area contributed by atoms with Gasteiger partial charge in [0.1, 0.15) is 11.6 Å². The fourth-order valence-corrected chi connectivity index (χ4v) is 2.45. The first-order valence-corrected chi connectivity index (χ1v) is 8.19. The van der Waals surface area contributed by atoms with Gasteiger partial charge in [-0.1, -0.05) is 6.07 Å². The van der Waals surface area contributed by atoms with E-state index in [4.69, 9.17) is 14.6 Å². The van der Waals surface area contributed by atoms with Crippen molar-refractivity contribution in [3.63, 3.8) is 0 Å². The summed E-state index contributed by atoms with van der Waals surface area (Å²) in [6, 6.07) is 6.74. The number of halogens is 2. The Morgan fingerprint density at radius 3 is 2.37 bits per heavy atom.